The summed E-state index contributed by atoms with van der Waals surface area (Å²) in [5.74, 6) is 1.63. The van der Waals surface area contributed by atoms with E-state index in [1.54, 1.807) is 0 Å². The lowest BCUT2D eigenvalue weighted by Crippen LogP contribution is -2.21. The first-order valence-electron chi connectivity index (χ1n) is 5.36. The highest BCUT2D eigenvalue weighted by atomic mass is 35.5. The summed E-state index contributed by atoms with van der Waals surface area (Å²) in [6.07, 6.45) is 0. The van der Waals surface area contributed by atoms with Crippen molar-refractivity contribution < 1.29 is 0 Å². The topological polar surface area (TPSA) is 16.1 Å². The Morgan fingerprint density at radius 3 is 2.81 bits per heavy atom. The Labute approximate surface area is 101 Å². The van der Waals surface area contributed by atoms with Gasteiger partial charge in [0.1, 0.15) is 5.82 Å². The van der Waals surface area contributed by atoms with Crippen molar-refractivity contribution in [2.24, 2.45) is 0 Å². The van der Waals surface area contributed by atoms with Crippen molar-refractivity contribution in [3.05, 3.63) is 35.9 Å². The Hall–Kier alpha value is -1.28. The summed E-state index contributed by atoms with van der Waals surface area (Å²) < 4.78 is 0. The molecule has 2 nitrogen and oxygen atoms in total. The van der Waals surface area contributed by atoms with Gasteiger partial charge in [0.2, 0.25) is 0 Å². The van der Waals surface area contributed by atoms with E-state index in [-0.39, 0.29) is 0 Å². The van der Waals surface area contributed by atoms with Gasteiger partial charge in [0.25, 0.3) is 0 Å². The summed E-state index contributed by atoms with van der Waals surface area (Å²) in [7, 11) is 2.02. The van der Waals surface area contributed by atoms with E-state index in [1.165, 1.54) is 10.9 Å². The van der Waals surface area contributed by atoms with E-state index in [1.807, 2.05) is 25.2 Å². The maximum Gasteiger partial charge on any atom is 0.131 e. The van der Waals surface area contributed by atoms with E-state index < -0.39 is 0 Å². The molecule has 1 aromatic heterocycles. The third-order valence-corrected chi connectivity index (χ3v) is 2.84. The lowest BCUT2D eigenvalue weighted by molar-refractivity contribution is 0.941. The van der Waals surface area contributed by atoms with Gasteiger partial charge in [-0.25, -0.2) is 4.98 Å². The van der Waals surface area contributed by atoms with Crippen LogP contribution in [0.5, 0.6) is 0 Å². The van der Waals surface area contributed by atoms with Gasteiger partial charge in [0.15, 0.2) is 0 Å². The molecule has 0 bridgehead atoms. The number of aryl methyl sites for hydroxylation is 1. The Kier molecular flexibility index (Phi) is 3.30. The summed E-state index contributed by atoms with van der Waals surface area (Å²) >= 11 is 5.75. The minimum Gasteiger partial charge on any atom is -0.358 e. The van der Waals surface area contributed by atoms with Gasteiger partial charge < -0.3 is 4.90 Å². The van der Waals surface area contributed by atoms with E-state index in [4.69, 9.17) is 11.6 Å². The third-order valence-electron chi connectivity index (χ3n) is 2.67. The van der Waals surface area contributed by atoms with Crippen LogP contribution in [-0.2, 0) is 0 Å². The van der Waals surface area contributed by atoms with Crippen molar-refractivity contribution in [3.63, 3.8) is 0 Å². The Balaban J connectivity index is 2.49. The normalized spacial score (nSPS) is 10.7. The van der Waals surface area contributed by atoms with Gasteiger partial charge in [-0.3, -0.25) is 0 Å². The van der Waals surface area contributed by atoms with Crippen LogP contribution in [0.4, 0.5) is 5.82 Å². The van der Waals surface area contributed by atoms with Crippen molar-refractivity contribution in [2.45, 2.75) is 6.92 Å². The Morgan fingerprint density at radius 1 is 1.31 bits per heavy atom. The van der Waals surface area contributed by atoms with E-state index >= 15 is 0 Å². The fraction of sp³-hybridized carbons (Fsp3) is 0.308. The van der Waals surface area contributed by atoms with Crippen molar-refractivity contribution >= 4 is 28.3 Å². The number of halogens is 1. The number of anilines is 1. The maximum absolute atomic E-state index is 5.75. The van der Waals surface area contributed by atoms with Crippen molar-refractivity contribution in [3.8, 4) is 0 Å². The summed E-state index contributed by atoms with van der Waals surface area (Å²) in [5.41, 5.74) is 2.22. The molecule has 0 saturated heterocycles. The fourth-order valence-corrected chi connectivity index (χ4v) is 2.08. The number of pyridine rings is 1. The first kappa shape index (κ1) is 11.2. The van der Waals surface area contributed by atoms with Crippen LogP contribution in [0, 0.1) is 6.92 Å². The van der Waals surface area contributed by atoms with Crippen LogP contribution in [0.1, 0.15) is 5.56 Å². The van der Waals surface area contributed by atoms with Gasteiger partial charge in [-0.1, -0.05) is 18.2 Å². The minimum absolute atomic E-state index is 0.616. The first-order valence-corrected chi connectivity index (χ1v) is 5.89. The minimum atomic E-state index is 0.616. The van der Waals surface area contributed by atoms with Crippen molar-refractivity contribution in [1.29, 1.82) is 0 Å². The molecule has 1 heterocycles. The number of hydrogen-bond acceptors (Lipinski definition) is 2. The average Bonchev–Trinajstić information content (AvgIpc) is 2.28. The summed E-state index contributed by atoms with van der Waals surface area (Å²) in [6, 6.07) is 10.3. The molecule has 0 radical (unpaired) electrons. The van der Waals surface area contributed by atoms with Crippen molar-refractivity contribution in [2.75, 3.05) is 24.4 Å². The van der Waals surface area contributed by atoms with Gasteiger partial charge in [0.05, 0.1) is 5.52 Å². The van der Waals surface area contributed by atoms with Crippen LogP contribution in [0.15, 0.2) is 30.3 Å². The molecule has 2 rings (SSSR count). The second kappa shape index (κ2) is 4.71. The average molecular weight is 235 g/mol. The lowest BCUT2D eigenvalue weighted by Gasteiger charge is -2.19. The van der Waals surface area contributed by atoms with Gasteiger partial charge in [0, 0.05) is 24.9 Å². The Bertz CT molecular complexity index is 496. The largest absolute Gasteiger partial charge is 0.358 e. The van der Waals surface area contributed by atoms with E-state index in [0.29, 0.717) is 5.88 Å². The standard InChI is InChI=1S/C13H15ClN2/c1-10-9-11-5-3-4-6-12(11)15-13(10)16(2)8-7-14/h3-6,9H,7-8H2,1-2H3. The summed E-state index contributed by atoms with van der Waals surface area (Å²) in [5, 5.41) is 1.18. The van der Waals surface area contributed by atoms with Gasteiger partial charge in [-0.15, -0.1) is 11.6 Å². The van der Waals surface area contributed by atoms with Crippen LogP contribution in [0.3, 0.4) is 0 Å². The second-order valence-electron chi connectivity index (χ2n) is 3.93. The van der Waals surface area contributed by atoms with Gasteiger partial charge >= 0.3 is 0 Å². The molecular weight excluding hydrogens is 220 g/mol. The molecule has 1 aromatic carbocycles. The smallest absolute Gasteiger partial charge is 0.131 e. The molecule has 2 aromatic rings. The summed E-state index contributed by atoms with van der Waals surface area (Å²) in [6.45, 7) is 2.90. The van der Waals surface area contributed by atoms with E-state index in [9.17, 15) is 0 Å². The monoisotopic (exact) mass is 234 g/mol. The molecule has 0 unspecified atom stereocenters. The molecule has 0 atom stereocenters. The van der Waals surface area contributed by atoms with Gasteiger partial charge in [-0.05, 0) is 24.6 Å². The predicted octanol–water partition coefficient (Wildman–Crippen LogP) is 3.22. The first-order chi connectivity index (χ1) is 7.72. The quantitative estimate of drug-likeness (QED) is 0.759. The zero-order chi connectivity index (χ0) is 11.5. The van der Waals surface area contributed by atoms with Crippen LogP contribution >= 0.6 is 11.6 Å². The van der Waals surface area contributed by atoms with E-state index in [2.05, 4.69) is 28.9 Å². The number of nitrogens with zero attached hydrogens (tertiary/aromatic N) is 2. The number of rotatable bonds is 3. The molecule has 3 heteroatoms. The zero-order valence-corrected chi connectivity index (χ0v) is 10.3. The second-order valence-corrected chi connectivity index (χ2v) is 4.31. The van der Waals surface area contributed by atoms with Crippen LogP contribution in [0.2, 0.25) is 0 Å². The molecule has 16 heavy (non-hydrogen) atoms. The third kappa shape index (κ3) is 2.12. The zero-order valence-electron chi connectivity index (χ0n) is 9.57. The molecule has 0 fully saturated rings. The van der Waals surface area contributed by atoms with Crippen LogP contribution < -0.4 is 4.90 Å². The molecule has 0 spiro atoms. The van der Waals surface area contributed by atoms with E-state index in [0.717, 1.165) is 17.9 Å². The molecule has 0 amide bonds. The fourth-order valence-electron chi connectivity index (χ4n) is 1.83. The lowest BCUT2D eigenvalue weighted by atomic mass is 10.1. The molecular formula is C13H15ClN2. The predicted molar refractivity (Wildman–Crippen MR) is 70.5 cm³/mol. The number of aromatic nitrogens is 1. The molecule has 0 aliphatic heterocycles. The maximum atomic E-state index is 5.75. The molecule has 84 valence electrons. The SMILES string of the molecule is Cc1cc2ccccc2nc1N(C)CCCl. The Morgan fingerprint density at radius 2 is 2.06 bits per heavy atom. The highest BCUT2D eigenvalue weighted by molar-refractivity contribution is 6.18. The number of fused-ring (bicyclic) bond motifs is 1. The molecule has 0 saturated carbocycles. The highest BCUT2D eigenvalue weighted by Gasteiger charge is 2.07. The highest BCUT2D eigenvalue weighted by Crippen LogP contribution is 2.21. The molecule has 0 aliphatic carbocycles. The number of para-hydroxylation sites is 1. The van der Waals surface area contributed by atoms with Crippen LogP contribution in [-0.4, -0.2) is 24.5 Å². The number of benzene rings is 1. The van der Waals surface area contributed by atoms with Gasteiger partial charge in [-0.2, -0.15) is 0 Å². The number of alkyl halides is 1. The number of hydrogen-bond donors (Lipinski definition) is 0. The molecule has 0 aliphatic rings. The molecule has 0 N–H and O–H groups in total. The van der Waals surface area contributed by atoms with Crippen molar-refractivity contribution in [1.82, 2.24) is 4.98 Å². The van der Waals surface area contributed by atoms with Crippen LogP contribution in [0.25, 0.3) is 10.9 Å². The summed E-state index contributed by atoms with van der Waals surface area (Å²) in [4.78, 5) is 6.75.